The summed E-state index contributed by atoms with van der Waals surface area (Å²) < 4.78 is 12.6. The van der Waals surface area contributed by atoms with Gasteiger partial charge in [-0.3, -0.25) is 9.82 Å². The maximum atomic E-state index is 6.32. The van der Waals surface area contributed by atoms with E-state index in [4.69, 9.17) is 14.3 Å². The van der Waals surface area contributed by atoms with Gasteiger partial charge < -0.3 is 9.47 Å². The minimum absolute atomic E-state index is 0.119. The molecule has 4 fully saturated rings. The summed E-state index contributed by atoms with van der Waals surface area (Å²) >= 11 is 0. The van der Waals surface area contributed by atoms with E-state index in [9.17, 15) is 0 Å². The van der Waals surface area contributed by atoms with Crippen LogP contribution in [-0.2, 0) is 14.3 Å². The van der Waals surface area contributed by atoms with Crippen LogP contribution in [0.3, 0.4) is 0 Å². The highest BCUT2D eigenvalue weighted by Crippen LogP contribution is 2.52. The molecule has 0 aromatic carbocycles. The fourth-order valence-corrected chi connectivity index (χ4v) is 4.78. The summed E-state index contributed by atoms with van der Waals surface area (Å²) in [5.41, 5.74) is 1.11. The molecule has 4 heterocycles. The van der Waals surface area contributed by atoms with Crippen LogP contribution in [0.15, 0.2) is 24.5 Å². The molecule has 2 spiro atoms. The number of hydrogen-bond donors (Lipinski definition) is 0. The molecule has 2 unspecified atom stereocenters. The van der Waals surface area contributed by atoms with Crippen molar-refractivity contribution in [2.24, 2.45) is 0 Å². The minimum atomic E-state index is -0.309. The molecule has 5 rings (SSSR count). The van der Waals surface area contributed by atoms with Gasteiger partial charge in [-0.2, -0.15) is 5.06 Å². The number of hydrogen-bond acceptors (Lipinski definition) is 5. The SMILES string of the molecule is c1cncc([C@@H]2CC3CC4(COC5(CCCCC5)OC4)N2O3)c1. The number of fused-ring (bicyclic) bond motifs is 3. The van der Waals surface area contributed by atoms with Gasteiger partial charge in [-0.1, -0.05) is 12.5 Å². The zero-order valence-electron chi connectivity index (χ0n) is 13.4. The maximum absolute atomic E-state index is 6.32. The number of aromatic nitrogens is 1. The maximum Gasteiger partial charge on any atom is 0.168 e. The fourth-order valence-electron chi connectivity index (χ4n) is 4.78. The summed E-state index contributed by atoms with van der Waals surface area (Å²) in [7, 11) is 0. The van der Waals surface area contributed by atoms with Crippen molar-refractivity contribution < 1.29 is 14.3 Å². The van der Waals surface area contributed by atoms with Crippen LogP contribution in [-0.4, -0.2) is 40.7 Å². The Morgan fingerprint density at radius 3 is 2.65 bits per heavy atom. The molecule has 1 aromatic rings. The topological polar surface area (TPSA) is 43.8 Å². The van der Waals surface area contributed by atoms with E-state index in [0.717, 1.165) is 38.9 Å². The van der Waals surface area contributed by atoms with Crippen molar-refractivity contribution in [3.8, 4) is 0 Å². The highest BCUT2D eigenvalue weighted by atomic mass is 16.7. The van der Waals surface area contributed by atoms with Gasteiger partial charge in [-0.25, -0.2) is 0 Å². The van der Waals surface area contributed by atoms with Crippen LogP contribution < -0.4 is 0 Å². The van der Waals surface area contributed by atoms with Gasteiger partial charge in [0.1, 0.15) is 0 Å². The Labute approximate surface area is 136 Å². The molecule has 2 bridgehead atoms. The van der Waals surface area contributed by atoms with Crippen LogP contribution in [0.25, 0.3) is 0 Å². The first-order valence-corrected chi connectivity index (χ1v) is 8.93. The molecule has 0 radical (unpaired) electrons. The van der Waals surface area contributed by atoms with Crippen molar-refractivity contribution in [2.75, 3.05) is 13.2 Å². The van der Waals surface area contributed by atoms with Crippen molar-refractivity contribution in [2.45, 2.75) is 68.4 Å². The summed E-state index contributed by atoms with van der Waals surface area (Å²) in [6.07, 6.45) is 11.9. The van der Waals surface area contributed by atoms with Crippen molar-refractivity contribution in [3.05, 3.63) is 30.1 Å². The number of piperidine rings is 1. The largest absolute Gasteiger partial charge is 0.348 e. The summed E-state index contributed by atoms with van der Waals surface area (Å²) in [6, 6.07) is 4.41. The third kappa shape index (κ3) is 2.25. The number of hydroxylamine groups is 2. The molecule has 3 aliphatic heterocycles. The number of pyridine rings is 1. The van der Waals surface area contributed by atoms with Crippen LogP contribution in [0.5, 0.6) is 0 Å². The smallest absolute Gasteiger partial charge is 0.168 e. The Morgan fingerprint density at radius 1 is 1.13 bits per heavy atom. The molecule has 4 aliphatic rings. The molecule has 1 aromatic heterocycles. The van der Waals surface area contributed by atoms with E-state index in [-0.39, 0.29) is 23.5 Å². The second-order valence-corrected chi connectivity index (χ2v) is 7.57. The van der Waals surface area contributed by atoms with Crippen molar-refractivity contribution >= 4 is 0 Å². The molecule has 1 saturated carbocycles. The first-order chi connectivity index (χ1) is 11.3. The Bertz CT molecular complexity index is 563. The third-order valence-corrected chi connectivity index (χ3v) is 6.00. The average molecular weight is 316 g/mol. The summed E-state index contributed by atoms with van der Waals surface area (Å²) in [6.45, 7) is 1.44. The molecule has 124 valence electrons. The van der Waals surface area contributed by atoms with Gasteiger partial charge in [-0.05, 0) is 30.9 Å². The van der Waals surface area contributed by atoms with Crippen LogP contribution in [0.4, 0.5) is 0 Å². The minimum Gasteiger partial charge on any atom is -0.348 e. The normalized spacial score (nSPS) is 37.5. The standard InChI is InChI=1S/C18H24N2O3/c1-2-6-18(7-3-1)21-12-17(13-22-18)10-15-9-16(20(17)23-15)14-5-4-8-19-11-14/h4-5,8,11,15-16H,1-3,6-7,9-10,12-13H2/t15?,16-/m0/s1. The molecule has 1 aliphatic carbocycles. The lowest BCUT2D eigenvalue weighted by molar-refractivity contribution is -0.334. The zero-order valence-corrected chi connectivity index (χ0v) is 13.4. The fraction of sp³-hybridized carbons (Fsp3) is 0.722. The first kappa shape index (κ1) is 14.3. The summed E-state index contributed by atoms with van der Waals surface area (Å²) in [5.74, 6) is -0.309. The molecular formula is C18H24N2O3. The van der Waals surface area contributed by atoms with Gasteiger partial charge in [0.15, 0.2) is 5.79 Å². The van der Waals surface area contributed by atoms with Crippen LogP contribution >= 0.6 is 0 Å². The van der Waals surface area contributed by atoms with E-state index < -0.39 is 0 Å². The molecule has 3 atom stereocenters. The Balaban J connectivity index is 1.36. The van der Waals surface area contributed by atoms with E-state index in [0.29, 0.717) is 0 Å². The van der Waals surface area contributed by atoms with E-state index in [1.807, 2.05) is 18.5 Å². The van der Waals surface area contributed by atoms with Crippen molar-refractivity contribution in [1.82, 2.24) is 10.0 Å². The molecule has 0 N–H and O–H groups in total. The number of rotatable bonds is 1. The predicted octanol–water partition coefficient (Wildman–Crippen LogP) is 2.98. The van der Waals surface area contributed by atoms with E-state index in [1.165, 1.54) is 24.8 Å². The quantitative estimate of drug-likeness (QED) is 0.797. The second kappa shape index (κ2) is 5.24. The molecule has 0 amide bonds. The van der Waals surface area contributed by atoms with Gasteiger partial charge in [0.05, 0.1) is 30.9 Å². The van der Waals surface area contributed by atoms with E-state index >= 15 is 0 Å². The van der Waals surface area contributed by atoms with Gasteiger partial charge in [0, 0.05) is 31.7 Å². The van der Waals surface area contributed by atoms with Gasteiger partial charge in [0.2, 0.25) is 0 Å². The molecule has 23 heavy (non-hydrogen) atoms. The van der Waals surface area contributed by atoms with Crippen LogP contribution in [0.2, 0.25) is 0 Å². The third-order valence-electron chi connectivity index (χ3n) is 6.00. The van der Waals surface area contributed by atoms with Gasteiger partial charge in [0.25, 0.3) is 0 Å². The highest BCUT2D eigenvalue weighted by Gasteiger charge is 2.59. The Kier molecular flexibility index (Phi) is 3.27. The average Bonchev–Trinajstić information content (AvgIpc) is 3.18. The Morgan fingerprint density at radius 2 is 1.96 bits per heavy atom. The monoisotopic (exact) mass is 316 g/mol. The lowest BCUT2D eigenvalue weighted by Gasteiger charge is -2.50. The van der Waals surface area contributed by atoms with E-state index in [1.54, 1.807) is 0 Å². The van der Waals surface area contributed by atoms with Crippen molar-refractivity contribution in [1.29, 1.82) is 0 Å². The van der Waals surface area contributed by atoms with Crippen molar-refractivity contribution in [3.63, 3.8) is 0 Å². The summed E-state index contributed by atoms with van der Waals surface area (Å²) in [5, 5.41) is 2.17. The zero-order chi connectivity index (χ0) is 15.3. The lowest BCUT2D eigenvalue weighted by Crippen LogP contribution is -2.60. The first-order valence-electron chi connectivity index (χ1n) is 8.93. The Hall–Kier alpha value is -1.01. The van der Waals surface area contributed by atoms with Gasteiger partial charge >= 0.3 is 0 Å². The number of nitrogens with zero attached hydrogens (tertiary/aromatic N) is 2. The summed E-state index contributed by atoms with van der Waals surface area (Å²) in [4.78, 5) is 10.4. The highest BCUT2D eigenvalue weighted by molar-refractivity contribution is 5.19. The molecule has 5 nitrogen and oxygen atoms in total. The van der Waals surface area contributed by atoms with Crippen LogP contribution in [0.1, 0.15) is 56.6 Å². The van der Waals surface area contributed by atoms with Gasteiger partial charge in [-0.15, -0.1) is 0 Å². The molecular weight excluding hydrogens is 292 g/mol. The molecule has 5 heteroatoms. The number of ether oxygens (including phenoxy) is 2. The lowest BCUT2D eigenvalue weighted by atomic mass is 9.83. The van der Waals surface area contributed by atoms with Crippen LogP contribution in [0, 0.1) is 0 Å². The molecule has 3 saturated heterocycles. The predicted molar refractivity (Wildman–Crippen MR) is 83.4 cm³/mol. The van der Waals surface area contributed by atoms with E-state index in [2.05, 4.69) is 16.1 Å². The second-order valence-electron chi connectivity index (χ2n) is 7.57.